The summed E-state index contributed by atoms with van der Waals surface area (Å²) in [5, 5.41) is 0. The average Bonchev–Trinajstić information content (AvgIpc) is 1.77. The van der Waals surface area contributed by atoms with E-state index in [9.17, 15) is 4.39 Å². The predicted octanol–water partition coefficient (Wildman–Crippen LogP) is 1.38. The van der Waals surface area contributed by atoms with Gasteiger partial charge in [0, 0.05) is 18.9 Å². The Kier molecular flexibility index (Phi) is 1.84. The molecule has 8 heavy (non-hydrogen) atoms. The molecule has 1 saturated heterocycles. The van der Waals surface area contributed by atoms with Crippen LogP contribution in [0.15, 0.2) is 0 Å². The second kappa shape index (κ2) is 2.44. The lowest BCUT2D eigenvalue weighted by molar-refractivity contribution is 0.00933. The molecule has 1 aliphatic heterocycles. The molecule has 0 aromatic carbocycles. The van der Waals surface area contributed by atoms with E-state index in [0.29, 0.717) is 19.6 Å². The maximum absolute atomic E-state index is 12.5. The molecule has 0 aromatic heterocycles. The molecule has 2 heteroatoms. The van der Waals surface area contributed by atoms with Crippen LogP contribution in [-0.2, 0) is 4.74 Å². The third kappa shape index (κ3) is 1.19. The average molecular weight is 118 g/mol. The topological polar surface area (TPSA) is 9.23 Å². The van der Waals surface area contributed by atoms with Gasteiger partial charge in [-0.05, 0) is 0 Å². The van der Waals surface area contributed by atoms with Gasteiger partial charge in [0.05, 0.1) is 6.61 Å². The molecule has 0 spiro atoms. The smallest absolute Gasteiger partial charge is 0.107 e. The first kappa shape index (κ1) is 6.02. The summed E-state index contributed by atoms with van der Waals surface area (Å²) in [7, 11) is 0. The normalized spacial score (nSPS) is 39.8. The molecule has 2 atom stereocenters. The monoisotopic (exact) mass is 118 g/mol. The first-order valence-corrected chi connectivity index (χ1v) is 3.02. The summed E-state index contributed by atoms with van der Waals surface area (Å²) in [6, 6.07) is 0. The molecule has 1 rings (SSSR count). The predicted molar refractivity (Wildman–Crippen MR) is 29.5 cm³/mol. The molecule has 0 aromatic rings. The van der Waals surface area contributed by atoms with Gasteiger partial charge in [-0.15, -0.1) is 0 Å². The molecule has 0 saturated carbocycles. The third-order valence-electron chi connectivity index (χ3n) is 1.54. The first-order valence-electron chi connectivity index (χ1n) is 3.02. The van der Waals surface area contributed by atoms with Crippen LogP contribution in [0, 0.1) is 5.92 Å². The molecular weight excluding hydrogens is 107 g/mol. The summed E-state index contributed by atoms with van der Waals surface area (Å²) in [6.45, 7) is 3.08. The van der Waals surface area contributed by atoms with E-state index in [4.69, 9.17) is 4.74 Å². The van der Waals surface area contributed by atoms with Crippen molar-refractivity contribution in [2.75, 3.05) is 13.2 Å². The standard InChI is InChI=1S/C6H11FO/c1-5-4-8-3-2-6(5)7/h5-6H,2-4H2,1H3/t5-,6?/m0/s1. The SMILES string of the molecule is C[C@H]1COCCC1F. The van der Waals surface area contributed by atoms with E-state index < -0.39 is 6.17 Å². The lowest BCUT2D eigenvalue weighted by Crippen LogP contribution is -2.25. The lowest BCUT2D eigenvalue weighted by Gasteiger charge is -2.21. The molecular formula is C6H11FO. The third-order valence-corrected chi connectivity index (χ3v) is 1.54. The van der Waals surface area contributed by atoms with Crippen molar-refractivity contribution in [3.8, 4) is 0 Å². The van der Waals surface area contributed by atoms with Crippen molar-refractivity contribution >= 4 is 0 Å². The zero-order valence-electron chi connectivity index (χ0n) is 5.06. The summed E-state index contributed by atoms with van der Waals surface area (Å²) >= 11 is 0. The van der Waals surface area contributed by atoms with Crippen molar-refractivity contribution in [3.63, 3.8) is 0 Å². The Morgan fingerprint density at radius 1 is 1.62 bits per heavy atom. The molecule has 0 amide bonds. The van der Waals surface area contributed by atoms with Gasteiger partial charge in [-0.25, -0.2) is 4.39 Å². The highest BCUT2D eigenvalue weighted by molar-refractivity contribution is 4.67. The minimum absolute atomic E-state index is 0.115. The lowest BCUT2D eigenvalue weighted by atomic mass is 10.0. The molecule has 0 radical (unpaired) electrons. The van der Waals surface area contributed by atoms with Crippen molar-refractivity contribution < 1.29 is 9.13 Å². The van der Waals surface area contributed by atoms with Gasteiger partial charge in [0.15, 0.2) is 0 Å². The zero-order valence-corrected chi connectivity index (χ0v) is 5.06. The molecule has 1 fully saturated rings. The number of hydrogen-bond acceptors (Lipinski definition) is 1. The highest BCUT2D eigenvalue weighted by atomic mass is 19.1. The fourth-order valence-electron chi connectivity index (χ4n) is 0.854. The van der Waals surface area contributed by atoms with Crippen molar-refractivity contribution in [1.29, 1.82) is 0 Å². The Hall–Kier alpha value is -0.110. The summed E-state index contributed by atoms with van der Waals surface area (Å²) in [4.78, 5) is 0. The van der Waals surface area contributed by atoms with Crippen LogP contribution in [0.2, 0.25) is 0 Å². The maximum atomic E-state index is 12.5. The van der Waals surface area contributed by atoms with Gasteiger partial charge in [0.1, 0.15) is 6.17 Å². The van der Waals surface area contributed by atoms with Crippen molar-refractivity contribution in [3.05, 3.63) is 0 Å². The Labute approximate surface area is 48.8 Å². The number of alkyl halides is 1. The number of hydrogen-bond donors (Lipinski definition) is 0. The fraction of sp³-hybridized carbons (Fsp3) is 1.00. The van der Waals surface area contributed by atoms with Crippen molar-refractivity contribution in [1.82, 2.24) is 0 Å². The number of ether oxygens (including phenoxy) is 1. The molecule has 0 aliphatic carbocycles. The van der Waals surface area contributed by atoms with E-state index in [2.05, 4.69) is 0 Å². The molecule has 0 bridgehead atoms. The molecule has 0 N–H and O–H groups in total. The van der Waals surface area contributed by atoms with Crippen LogP contribution < -0.4 is 0 Å². The highest BCUT2D eigenvalue weighted by Gasteiger charge is 2.20. The van der Waals surface area contributed by atoms with Crippen LogP contribution in [0.4, 0.5) is 4.39 Å². The van der Waals surface area contributed by atoms with Gasteiger partial charge in [-0.3, -0.25) is 0 Å². The van der Waals surface area contributed by atoms with Gasteiger partial charge >= 0.3 is 0 Å². The number of halogens is 1. The second-order valence-corrected chi connectivity index (χ2v) is 2.36. The minimum Gasteiger partial charge on any atom is -0.381 e. The van der Waals surface area contributed by atoms with Crippen LogP contribution in [0.5, 0.6) is 0 Å². The van der Waals surface area contributed by atoms with Crippen LogP contribution in [0.1, 0.15) is 13.3 Å². The summed E-state index contributed by atoms with van der Waals surface area (Å²) in [6.07, 6.45) is -0.0370. The Bertz CT molecular complexity index is 64.9. The molecule has 1 heterocycles. The van der Waals surface area contributed by atoms with Gasteiger partial charge in [0.2, 0.25) is 0 Å². The maximum Gasteiger partial charge on any atom is 0.107 e. The zero-order chi connectivity index (χ0) is 5.98. The summed E-state index contributed by atoms with van der Waals surface area (Å²) in [5.41, 5.74) is 0. The van der Waals surface area contributed by atoms with Gasteiger partial charge in [0.25, 0.3) is 0 Å². The van der Waals surface area contributed by atoms with Gasteiger partial charge in [-0.2, -0.15) is 0 Å². The van der Waals surface area contributed by atoms with Crippen LogP contribution in [0.25, 0.3) is 0 Å². The second-order valence-electron chi connectivity index (χ2n) is 2.36. The van der Waals surface area contributed by atoms with E-state index in [-0.39, 0.29) is 5.92 Å². The quantitative estimate of drug-likeness (QED) is 0.467. The summed E-state index contributed by atoms with van der Waals surface area (Å²) in [5.74, 6) is 0.115. The van der Waals surface area contributed by atoms with E-state index in [1.165, 1.54) is 0 Å². The van der Waals surface area contributed by atoms with Crippen molar-refractivity contribution in [2.24, 2.45) is 5.92 Å². The highest BCUT2D eigenvalue weighted by Crippen LogP contribution is 2.16. The van der Waals surface area contributed by atoms with E-state index in [1.807, 2.05) is 6.92 Å². The van der Waals surface area contributed by atoms with E-state index in [0.717, 1.165) is 0 Å². The van der Waals surface area contributed by atoms with Gasteiger partial charge in [-0.1, -0.05) is 6.92 Å². The van der Waals surface area contributed by atoms with Crippen LogP contribution in [-0.4, -0.2) is 19.4 Å². The Morgan fingerprint density at radius 3 is 2.75 bits per heavy atom. The molecule has 1 aliphatic rings. The largest absolute Gasteiger partial charge is 0.381 e. The first-order chi connectivity index (χ1) is 3.80. The van der Waals surface area contributed by atoms with Crippen LogP contribution in [0.3, 0.4) is 0 Å². The minimum atomic E-state index is -0.622. The number of rotatable bonds is 0. The van der Waals surface area contributed by atoms with Crippen LogP contribution >= 0.6 is 0 Å². The van der Waals surface area contributed by atoms with Crippen molar-refractivity contribution in [2.45, 2.75) is 19.5 Å². The molecule has 1 nitrogen and oxygen atoms in total. The Morgan fingerprint density at radius 2 is 2.38 bits per heavy atom. The molecule has 1 unspecified atom stereocenters. The van der Waals surface area contributed by atoms with E-state index in [1.54, 1.807) is 0 Å². The van der Waals surface area contributed by atoms with E-state index >= 15 is 0 Å². The Balaban J connectivity index is 2.28. The molecule has 48 valence electrons. The summed E-state index contributed by atoms with van der Waals surface area (Å²) < 4.78 is 17.5. The van der Waals surface area contributed by atoms with Gasteiger partial charge < -0.3 is 4.74 Å². The fourth-order valence-corrected chi connectivity index (χ4v) is 0.854.